The number of phenolic OH excluding ortho intramolecular Hbond substituents is 1. The van der Waals surface area contributed by atoms with E-state index in [4.69, 9.17) is 9.15 Å². The Labute approximate surface area is 154 Å². The van der Waals surface area contributed by atoms with Gasteiger partial charge < -0.3 is 24.5 Å². The van der Waals surface area contributed by atoms with E-state index >= 15 is 0 Å². The number of aldehydes is 1. The van der Waals surface area contributed by atoms with Crippen LogP contribution in [-0.4, -0.2) is 55.5 Å². The summed E-state index contributed by atoms with van der Waals surface area (Å²) in [4.78, 5) is 38.0. The number of hydrogen-bond donors (Lipinski definition) is 2. The van der Waals surface area contributed by atoms with Gasteiger partial charge in [-0.15, -0.1) is 0 Å². The average molecular weight is 370 g/mol. The maximum atomic E-state index is 12.8. The van der Waals surface area contributed by atoms with Crippen LogP contribution < -0.4 is 15.5 Å². The highest BCUT2D eigenvalue weighted by Gasteiger charge is 2.20. The normalized spacial score (nSPS) is 13.8. The number of nitrogens with zero attached hydrogens (tertiary/aromatic N) is 1. The predicted octanol–water partition coefficient (Wildman–Crippen LogP) is 0.411. The second-order valence-corrected chi connectivity index (χ2v) is 5.99. The van der Waals surface area contributed by atoms with Gasteiger partial charge in [0.2, 0.25) is 5.43 Å². The molecule has 0 atom stereocenters. The Morgan fingerprint density at radius 1 is 1.41 bits per heavy atom. The molecule has 8 nitrogen and oxygen atoms in total. The van der Waals surface area contributed by atoms with Crippen LogP contribution in [0.4, 0.5) is 0 Å². The second-order valence-electron chi connectivity index (χ2n) is 5.99. The quantitative estimate of drug-likeness (QED) is 0.582. The van der Waals surface area contributed by atoms with Crippen molar-refractivity contribution in [1.82, 2.24) is 10.2 Å². The fraction of sp³-hybridized carbons (Fsp3) is 0.316. The molecule has 0 aliphatic carbocycles. The molecule has 8 heteroatoms. The molecule has 140 valence electrons. The van der Waals surface area contributed by atoms with Crippen LogP contribution in [0, 0.1) is 18.8 Å². The molecule has 3 rings (SSSR count). The standard InChI is InChI=1S/C19H18N2O6/c1-11-12(3-4-16(23)21-7-5-20-6-8-21)17(24)13-9-15(26-2)18(25)14(10-22)19(13)27-11/h9-10,20,25H,5-8H2,1-2H3. The molecule has 1 fully saturated rings. The molecule has 0 bridgehead atoms. The van der Waals surface area contributed by atoms with Crippen molar-refractivity contribution in [2.45, 2.75) is 6.92 Å². The van der Waals surface area contributed by atoms with Crippen LogP contribution in [0.5, 0.6) is 11.5 Å². The van der Waals surface area contributed by atoms with Gasteiger partial charge in [-0.05, 0) is 18.9 Å². The lowest BCUT2D eigenvalue weighted by atomic mass is 10.1. The number of aromatic hydroxyl groups is 1. The number of aryl methyl sites for hydroxylation is 1. The monoisotopic (exact) mass is 370 g/mol. The first-order valence-electron chi connectivity index (χ1n) is 8.32. The lowest BCUT2D eigenvalue weighted by Crippen LogP contribution is -2.46. The van der Waals surface area contributed by atoms with E-state index in [0.717, 1.165) is 0 Å². The largest absolute Gasteiger partial charge is 0.504 e. The highest BCUT2D eigenvalue weighted by molar-refractivity contribution is 5.99. The molecule has 1 aromatic heterocycles. The molecule has 2 aromatic rings. The number of hydrogen-bond acceptors (Lipinski definition) is 7. The lowest BCUT2D eigenvalue weighted by molar-refractivity contribution is -0.125. The number of carbonyl (C=O) groups excluding carboxylic acids is 2. The molecule has 2 N–H and O–H groups in total. The molecule has 0 saturated carbocycles. The minimum Gasteiger partial charge on any atom is -0.504 e. The smallest absolute Gasteiger partial charge is 0.298 e. The Morgan fingerprint density at radius 2 is 2.11 bits per heavy atom. The number of rotatable bonds is 2. The van der Waals surface area contributed by atoms with Gasteiger partial charge in [-0.3, -0.25) is 14.4 Å². The summed E-state index contributed by atoms with van der Waals surface area (Å²) in [6, 6.07) is 1.28. The SMILES string of the molecule is COc1cc2c(=O)c(C#CC(=O)N3CCNCC3)c(C)oc2c(C=O)c1O. The Balaban J connectivity index is 2.11. The summed E-state index contributed by atoms with van der Waals surface area (Å²) in [5.41, 5.74) is -0.711. The number of ether oxygens (including phenoxy) is 1. The van der Waals surface area contributed by atoms with Gasteiger partial charge in [-0.1, -0.05) is 0 Å². The summed E-state index contributed by atoms with van der Waals surface area (Å²) in [6.45, 7) is 4.01. The Morgan fingerprint density at radius 3 is 2.74 bits per heavy atom. The number of piperazine rings is 1. The Bertz CT molecular complexity index is 1040. The Kier molecular flexibility index (Phi) is 5.14. The van der Waals surface area contributed by atoms with Gasteiger partial charge in [0.1, 0.15) is 16.9 Å². The topological polar surface area (TPSA) is 109 Å². The third kappa shape index (κ3) is 3.37. The first-order valence-corrected chi connectivity index (χ1v) is 8.32. The maximum Gasteiger partial charge on any atom is 0.298 e. The van der Waals surface area contributed by atoms with Crippen molar-refractivity contribution in [3.8, 4) is 23.3 Å². The number of benzene rings is 1. The lowest BCUT2D eigenvalue weighted by Gasteiger charge is -2.25. The maximum absolute atomic E-state index is 12.8. The van der Waals surface area contributed by atoms with E-state index in [9.17, 15) is 19.5 Å². The van der Waals surface area contributed by atoms with Crippen molar-refractivity contribution in [1.29, 1.82) is 0 Å². The van der Waals surface area contributed by atoms with Crippen LogP contribution in [0.25, 0.3) is 11.0 Å². The average Bonchev–Trinajstić information content (AvgIpc) is 2.68. The molecule has 2 heterocycles. The van der Waals surface area contributed by atoms with Gasteiger partial charge in [0, 0.05) is 32.1 Å². The van der Waals surface area contributed by atoms with Gasteiger partial charge in [0.15, 0.2) is 23.4 Å². The summed E-state index contributed by atoms with van der Waals surface area (Å²) in [6.07, 6.45) is 0.391. The number of carbonyl (C=O) groups is 2. The zero-order valence-corrected chi connectivity index (χ0v) is 14.9. The summed E-state index contributed by atoms with van der Waals surface area (Å²) in [5, 5.41) is 13.2. The summed E-state index contributed by atoms with van der Waals surface area (Å²) in [7, 11) is 1.30. The number of nitrogens with one attached hydrogen (secondary N) is 1. The van der Waals surface area contributed by atoms with E-state index in [-0.39, 0.29) is 39.5 Å². The fourth-order valence-corrected chi connectivity index (χ4v) is 2.90. The molecule has 1 amide bonds. The highest BCUT2D eigenvalue weighted by atomic mass is 16.5. The van der Waals surface area contributed by atoms with Gasteiger partial charge in [0.25, 0.3) is 5.91 Å². The van der Waals surface area contributed by atoms with E-state index in [0.29, 0.717) is 32.5 Å². The first-order chi connectivity index (χ1) is 13.0. The third-order valence-electron chi connectivity index (χ3n) is 4.37. The molecule has 1 aliphatic heterocycles. The van der Waals surface area contributed by atoms with Crippen molar-refractivity contribution in [2.75, 3.05) is 33.3 Å². The van der Waals surface area contributed by atoms with E-state index in [1.54, 1.807) is 4.90 Å². The van der Waals surface area contributed by atoms with E-state index in [1.807, 2.05) is 0 Å². The molecule has 0 unspecified atom stereocenters. The van der Waals surface area contributed by atoms with E-state index in [2.05, 4.69) is 17.2 Å². The minimum absolute atomic E-state index is 0.0237. The predicted molar refractivity (Wildman–Crippen MR) is 97.2 cm³/mol. The molecule has 1 aromatic carbocycles. The Hall–Kier alpha value is -3.31. The summed E-state index contributed by atoms with van der Waals surface area (Å²) >= 11 is 0. The van der Waals surface area contributed by atoms with Crippen molar-refractivity contribution in [3.63, 3.8) is 0 Å². The van der Waals surface area contributed by atoms with Crippen molar-refractivity contribution >= 4 is 23.2 Å². The number of methoxy groups -OCH3 is 1. The van der Waals surface area contributed by atoms with Crippen LogP contribution in [0.1, 0.15) is 21.7 Å². The fourth-order valence-electron chi connectivity index (χ4n) is 2.90. The third-order valence-corrected chi connectivity index (χ3v) is 4.37. The van der Waals surface area contributed by atoms with Gasteiger partial charge in [-0.2, -0.15) is 0 Å². The van der Waals surface area contributed by atoms with Crippen LogP contribution in [0.15, 0.2) is 15.3 Å². The number of amides is 1. The van der Waals surface area contributed by atoms with Crippen molar-refractivity contribution < 1.29 is 23.8 Å². The van der Waals surface area contributed by atoms with Crippen LogP contribution >= 0.6 is 0 Å². The molecular weight excluding hydrogens is 352 g/mol. The van der Waals surface area contributed by atoms with Gasteiger partial charge >= 0.3 is 0 Å². The summed E-state index contributed by atoms with van der Waals surface area (Å²) in [5.74, 6) is 4.43. The van der Waals surface area contributed by atoms with Gasteiger partial charge in [0.05, 0.1) is 12.5 Å². The molecule has 27 heavy (non-hydrogen) atoms. The highest BCUT2D eigenvalue weighted by Crippen LogP contribution is 2.35. The number of phenols is 1. The van der Waals surface area contributed by atoms with Crippen LogP contribution in [0.2, 0.25) is 0 Å². The van der Waals surface area contributed by atoms with Crippen molar-refractivity contribution in [3.05, 3.63) is 33.2 Å². The molecule has 1 aliphatic rings. The first kappa shape index (κ1) is 18.5. The zero-order chi connectivity index (χ0) is 19.6. The molecule has 0 radical (unpaired) electrons. The van der Waals surface area contributed by atoms with E-state index in [1.165, 1.54) is 20.1 Å². The zero-order valence-electron chi connectivity index (χ0n) is 14.9. The minimum atomic E-state index is -0.504. The van der Waals surface area contributed by atoms with Gasteiger partial charge in [-0.25, -0.2) is 0 Å². The number of fused-ring (bicyclic) bond motifs is 1. The summed E-state index contributed by atoms with van der Waals surface area (Å²) < 4.78 is 10.6. The second kappa shape index (κ2) is 7.51. The molecular formula is C19H18N2O6. The van der Waals surface area contributed by atoms with Crippen LogP contribution in [0.3, 0.4) is 0 Å². The molecule has 0 spiro atoms. The van der Waals surface area contributed by atoms with Crippen molar-refractivity contribution in [2.24, 2.45) is 0 Å². The van der Waals surface area contributed by atoms with Crippen LogP contribution in [-0.2, 0) is 4.79 Å². The molecule has 1 saturated heterocycles. The van der Waals surface area contributed by atoms with E-state index < -0.39 is 11.2 Å².